The highest BCUT2D eigenvalue weighted by molar-refractivity contribution is 5.78. The van der Waals surface area contributed by atoms with Crippen LogP contribution in [0, 0.1) is 0 Å². The average Bonchev–Trinajstić information content (AvgIpc) is 3.29. The van der Waals surface area contributed by atoms with Crippen LogP contribution in [-0.2, 0) is 11.3 Å². The van der Waals surface area contributed by atoms with Crippen molar-refractivity contribution in [1.29, 1.82) is 0 Å². The van der Waals surface area contributed by atoms with Gasteiger partial charge in [0.25, 0.3) is 0 Å². The van der Waals surface area contributed by atoms with Gasteiger partial charge in [0.2, 0.25) is 5.95 Å². The largest absolute Gasteiger partial charge is 0.450 e. The zero-order valence-electron chi connectivity index (χ0n) is 15.3. The fourth-order valence-electron chi connectivity index (χ4n) is 3.44. The molecular formula is C20H23N5O2. The fraction of sp³-hybridized carbons (Fsp3) is 0.350. The molecule has 1 aliphatic rings. The maximum Gasteiger partial charge on any atom is 0.409 e. The first-order valence-electron chi connectivity index (χ1n) is 9.28. The van der Waals surface area contributed by atoms with Crippen LogP contribution in [0.5, 0.6) is 0 Å². The Labute approximate surface area is 158 Å². The van der Waals surface area contributed by atoms with Crippen molar-refractivity contribution in [3.8, 4) is 0 Å². The minimum absolute atomic E-state index is 0.147. The maximum atomic E-state index is 11.9. The van der Waals surface area contributed by atoms with Crippen LogP contribution in [0.2, 0.25) is 0 Å². The Kier molecular flexibility index (Phi) is 4.91. The molecule has 1 aromatic carbocycles. The van der Waals surface area contributed by atoms with Crippen LogP contribution in [0.4, 0.5) is 10.7 Å². The number of imidazole rings is 1. The molecule has 2 aromatic heterocycles. The number of pyridine rings is 1. The molecule has 4 rings (SSSR count). The number of nitrogens with one attached hydrogen (secondary N) is 1. The third-order valence-corrected chi connectivity index (χ3v) is 4.75. The molecule has 3 heterocycles. The van der Waals surface area contributed by atoms with Crippen LogP contribution in [0.3, 0.4) is 0 Å². The lowest BCUT2D eigenvalue weighted by atomic mass is 10.3. The van der Waals surface area contributed by atoms with Crippen molar-refractivity contribution in [1.82, 2.24) is 19.4 Å². The number of anilines is 1. The van der Waals surface area contributed by atoms with Crippen LogP contribution >= 0.6 is 0 Å². The smallest absolute Gasteiger partial charge is 0.409 e. The van der Waals surface area contributed by atoms with E-state index in [2.05, 4.69) is 20.9 Å². The van der Waals surface area contributed by atoms with E-state index in [1.54, 1.807) is 11.1 Å². The molecule has 0 radical (unpaired) electrons. The highest BCUT2D eigenvalue weighted by atomic mass is 16.6. The lowest BCUT2D eigenvalue weighted by Crippen LogP contribution is -2.32. The number of hydrogen-bond donors (Lipinski definition) is 1. The Morgan fingerprint density at radius 2 is 2.11 bits per heavy atom. The van der Waals surface area contributed by atoms with Crippen molar-refractivity contribution in [2.45, 2.75) is 25.9 Å². The molecule has 0 aliphatic carbocycles. The number of aromatic nitrogens is 3. The average molecular weight is 365 g/mol. The zero-order valence-corrected chi connectivity index (χ0v) is 15.3. The summed E-state index contributed by atoms with van der Waals surface area (Å²) in [7, 11) is 0. The van der Waals surface area contributed by atoms with Gasteiger partial charge >= 0.3 is 6.09 Å². The first kappa shape index (κ1) is 17.3. The number of rotatable bonds is 5. The molecule has 0 bridgehead atoms. The summed E-state index contributed by atoms with van der Waals surface area (Å²) in [6.45, 7) is 4.16. The number of carbonyl (C=O) groups excluding carboxylic acids is 1. The van der Waals surface area contributed by atoms with E-state index in [0.29, 0.717) is 26.2 Å². The van der Waals surface area contributed by atoms with Crippen LogP contribution < -0.4 is 5.32 Å². The summed E-state index contributed by atoms with van der Waals surface area (Å²) in [5.74, 6) is 0.803. The summed E-state index contributed by atoms with van der Waals surface area (Å²) >= 11 is 0. The van der Waals surface area contributed by atoms with Crippen molar-refractivity contribution < 1.29 is 9.53 Å². The van der Waals surface area contributed by atoms with Crippen LogP contribution in [0.1, 0.15) is 19.0 Å². The lowest BCUT2D eigenvalue weighted by molar-refractivity contribution is 0.115. The predicted octanol–water partition coefficient (Wildman–Crippen LogP) is 3.12. The Bertz CT molecular complexity index is 925. The number of nitrogens with zero attached hydrogens (tertiary/aromatic N) is 4. The molecule has 140 valence electrons. The normalized spacial score (nSPS) is 16.6. The van der Waals surface area contributed by atoms with Gasteiger partial charge in [-0.05, 0) is 37.6 Å². The monoisotopic (exact) mass is 365 g/mol. The highest BCUT2D eigenvalue weighted by Gasteiger charge is 2.28. The minimum Gasteiger partial charge on any atom is -0.450 e. The Balaban J connectivity index is 1.56. The van der Waals surface area contributed by atoms with Gasteiger partial charge in [0.05, 0.1) is 29.9 Å². The van der Waals surface area contributed by atoms with E-state index >= 15 is 0 Å². The molecule has 7 heteroatoms. The van der Waals surface area contributed by atoms with Gasteiger partial charge in [-0.25, -0.2) is 9.78 Å². The van der Waals surface area contributed by atoms with E-state index in [0.717, 1.165) is 29.1 Å². The van der Waals surface area contributed by atoms with Gasteiger partial charge in [-0.3, -0.25) is 4.98 Å². The summed E-state index contributed by atoms with van der Waals surface area (Å²) in [4.78, 5) is 22.9. The number of likely N-dealkylation sites (tertiary alicyclic amines) is 1. The quantitative estimate of drug-likeness (QED) is 0.752. The molecule has 0 spiro atoms. The number of para-hydroxylation sites is 2. The van der Waals surface area contributed by atoms with Gasteiger partial charge in [-0.15, -0.1) is 0 Å². The molecule has 1 amide bonds. The first-order valence-corrected chi connectivity index (χ1v) is 9.28. The van der Waals surface area contributed by atoms with Crippen molar-refractivity contribution in [2.24, 2.45) is 0 Å². The summed E-state index contributed by atoms with van der Waals surface area (Å²) in [6, 6.07) is 14.1. The molecule has 1 unspecified atom stereocenters. The Morgan fingerprint density at radius 3 is 2.93 bits per heavy atom. The number of benzene rings is 1. The third-order valence-electron chi connectivity index (χ3n) is 4.75. The second kappa shape index (κ2) is 7.65. The number of ether oxygens (including phenoxy) is 1. The summed E-state index contributed by atoms with van der Waals surface area (Å²) in [5.41, 5.74) is 2.98. The summed E-state index contributed by atoms with van der Waals surface area (Å²) in [5, 5.41) is 3.52. The number of hydrogen-bond acceptors (Lipinski definition) is 5. The molecule has 1 saturated heterocycles. The lowest BCUT2D eigenvalue weighted by Gasteiger charge is -2.17. The molecule has 1 aliphatic heterocycles. The number of fused-ring (bicyclic) bond motifs is 1. The topological polar surface area (TPSA) is 72.3 Å². The van der Waals surface area contributed by atoms with Crippen molar-refractivity contribution in [3.63, 3.8) is 0 Å². The molecule has 3 aromatic rings. The molecular weight excluding hydrogens is 342 g/mol. The highest BCUT2D eigenvalue weighted by Crippen LogP contribution is 2.23. The van der Waals surface area contributed by atoms with Crippen molar-refractivity contribution in [3.05, 3.63) is 54.4 Å². The van der Waals surface area contributed by atoms with E-state index in [-0.39, 0.29) is 12.1 Å². The molecule has 1 atom stereocenters. The van der Waals surface area contributed by atoms with E-state index in [9.17, 15) is 4.79 Å². The number of amides is 1. The third kappa shape index (κ3) is 3.72. The van der Waals surface area contributed by atoms with Gasteiger partial charge in [0.1, 0.15) is 0 Å². The molecule has 27 heavy (non-hydrogen) atoms. The van der Waals surface area contributed by atoms with Gasteiger partial charge < -0.3 is 19.5 Å². The number of carbonyl (C=O) groups is 1. The van der Waals surface area contributed by atoms with Crippen LogP contribution in [0.15, 0.2) is 48.7 Å². The van der Waals surface area contributed by atoms with E-state index in [4.69, 9.17) is 9.72 Å². The van der Waals surface area contributed by atoms with Gasteiger partial charge in [-0.2, -0.15) is 0 Å². The maximum absolute atomic E-state index is 11.9. The van der Waals surface area contributed by atoms with Crippen LogP contribution in [0.25, 0.3) is 11.0 Å². The fourth-order valence-corrected chi connectivity index (χ4v) is 3.44. The molecule has 1 fully saturated rings. The van der Waals surface area contributed by atoms with E-state index < -0.39 is 0 Å². The first-order chi connectivity index (χ1) is 13.2. The standard InChI is InChI=1S/C20H23N5O2/c1-2-27-20(26)24-12-10-16(13-24)22-19-23-17-8-3-4-9-18(17)25(19)14-15-7-5-6-11-21-15/h3-9,11,16H,2,10,12-14H2,1H3,(H,22,23). The van der Waals surface area contributed by atoms with Gasteiger partial charge in [-0.1, -0.05) is 18.2 Å². The summed E-state index contributed by atoms with van der Waals surface area (Å²) < 4.78 is 7.25. The van der Waals surface area contributed by atoms with E-state index in [1.807, 2.05) is 43.3 Å². The summed E-state index contributed by atoms with van der Waals surface area (Å²) in [6.07, 6.45) is 2.42. The SMILES string of the molecule is CCOC(=O)N1CCC(Nc2nc3ccccc3n2Cc2ccccn2)C1. The second-order valence-electron chi connectivity index (χ2n) is 6.61. The second-order valence-corrected chi connectivity index (χ2v) is 6.61. The Morgan fingerprint density at radius 1 is 1.26 bits per heavy atom. The van der Waals surface area contributed by atoms with Crippen LogP contribution in [-0.4, -0.2) is 51.3 Å². The Hall–Kier alpha value is -3.09. The van der Waals surface area contributed by atoms with Gasteiger partial charge in [0.15, 0.2) is 0 Å². The molecule has 1 N–H and O–H groups in total. The van der Waals surface area contributed by atoms with E-state index in [1.165, 1.54) is 0 Å². The van der Waals surface area contributed by atoms with Gasteiger partial charge in [0, 0.05) is 25.3 Å². The zero-order chi connectivity index (χ0) is 18.6. The molecule has 7 nitrogen and oxygen atoms in total. The van der Waals surface area contributed by atoms with Crippen molar-refractivity contribution in [2.75, 3.05) is 25.0 Å². The molecule has 0 saturated carbocycles. The minimum atomic E-state index is -0.246. The van der Waals surface area contributed by atoms with Crippen molar-refractivity contribution >= 4 is 23.1 Å². The predicted molar refractivity (Wildman–Crippen MR) is 104 cm³/mol.